The van der Waals surface area contributed by atoms with Gasteiger partial charge in [0.2, 0.25) is 0 Å². The molecule has 0 saturated carbocycles. The highest BCUT2D eigenvalue weighted by Crippen LogP contribution is 2.23. The number of benzene rings is 1. The van der Waals surface area contributed by atoms with Crippen LogP contribution in [0.25, 0.3) is 0 Å². The largest absolute Gasteiger partial charge is 0.392 e. The average Bonchev–Trinajstić information content (AvgIpc) is 2.15. The zero-order chi connectivity index (χ0) is 12.3. The average molecular weight is 303 g/mol. The van der Waals surface area contributed by atoms with E-state index in [9.17, 15) is 5.11 Å². The van der Waals surface area contributed by atoms with Crippen molar-refractivity contribution in [2.24, 2.45) is 5.73 Å². The summed E-state index contributed by atoms with van der Waals surface area (Å²) in [5.74, 6) is 0. The van der Waals surface area contributed by atoms with E-state index in [-0.39, 0.29) is 6.10 Å². The molecule has 0 amide bonds. The smallest absolute Gasteiger partial charge is 0.105 e. The van der Waals surface area contributed by atoms with E-state index in [1.54, 1.807) is 6.92 Å². The summed E-state index contributed by atoms with van der Waals surface area (Å²) in [7, 11) is 1.93. The van der Waals surface area contributed by atoms with Crippen molar-refractivity contribution in [2.45, 2.75) is 13.0 Å². The van der Waals surface area contributed by atoms with Gasteiger partial charge in [0.1, 0.15) is 4.99 Å². The predicted molar refractivity (Wildman–Crippen MR) is 75.0 cm³/mol. The van der Waals surface area contributed by atoms with E-state index < -0.39 is 0 Å². The van der Waals surface area contributed by atoms with Gasteiger partial charge in [-0.15, -0.1) is 0 Å². The molecule has 0 spiro atoms. The molecule has 3 N–H and O–H groups in total. The topological polar surface area (TPSA) is 49.5 Å². The van der Waals surface area contributed by atoms with E-state index in [4.69, 9.17) is 18.0 Å². The molecule has 0 saturated heterocycles. The molecule has 1 aromatic carbocycles. The van der Waals surface area contributed by atoms with Crippen molar-refractivity contribution in [1.82, 2.24) is 0 Å². The van der Waals surface area contributed by atoms with Crippen LogP contribution in [0.1, 0.15) is 12.5 Å². The van der Waals surface area contributed by atoms with Gasteiger partial charge in [-0.1, -0.05) is 12.2 Å². The first-order valence-electron chi connectivity index (χ1n) is 4.90. The molecule has 0 fully saturated rings. The highest BCUT2D eigenvalue weighted by molar-refractivity contribution is 9.10. The van der Waals surface area contributed by atoms with Gasteiger partial charge in [-0.2, -0.15) is 0 Å². The van der Waals surface area contributed by atoms with Crippen LogP contribution < -0.4 is 10.6 Å². The van der Waals surface area contributed by atoms with E-state index in [0.717, 1.165) is 15.7 Å². The summed E-state index contributed by atoms with van der Waals surface area (Å²) in [4.78, 5) is 2.34. The molecular weight excluding hydrogens is 288 g/mol. The molecule has 0 aromatic heterocycles. The summed E-state index contributed by atoms with van der Waals surface area (Å²) in [6.07, 6.45) is -0.362. The Balaban J connectivity index is 2.92. The van der Waals surface area contributed by atoms with Crippen LogP contribution in [0.2, 0.25) is 0 Å². The molecule has 0 bridgehead atoms. The molecule has 16 heavy (non-hydrogen) atoms. The monoisotopic (exact) mass is 302 g/mol. The maximum absolute atomic E-state index is 9.30. The summed E-state index contributed by atoms with van der Waals surface area (Å²) in [5, 5.41) is 9.30. The van der Waals surface area contributed by atoms with E-state index in [2.05, 4.69) is 15.9 Å². The quantitative estimate of drug-likeness (QED) is 0.834. The maximum Gasteiger partial charge on any atom is 0.105 e. The van der Waals surface area contributed by atoms with E-state index in [0.29, 0.717) is 11.5 Å². The number of hydrogen-bond donors (Lipinski definition) is 2. The lowest BCUT2D eigenvalue weighted by Crippen LogP contribution is -2.26. The van der Waals surface area contributed by atoms with Gasteiger partial charge >= 0.3 is 0 Å². The van der Waals surface area contributed by atoms with Crippen molar-refractivity contribution in [3.05, 3.63) is 28.2 Å². The molecule has 1 unspecified atom stereocenters. The van der Waals surface area contributed by atoms with Crippen LogP contribution in [-0.2, 0) is 0 Å². The highest BCUT2D eigenvalue weighted by atomic mass is 79.9. The van der Waals surface area contributed by atoms with Gasteiger partial charge in [0.05, 0.1) is 6.10 Å². The van der Waals surface area contributed by atoms with Crippen molar-refractivity contribution in [3.8, 4) is 0 Å². The van der Waals surface area contributed by atoms with Gasteiger partial charge in [0.15, 0.2) is 0 Å². The van der Waals surface area contributed by atoms with Crippen molar-refractivity contribution in [3.63, 3.8) is 0 Å². The van der Waals surface area contributed by atoms with E-state index in [1.165, 1.54) is 0 Å². The number of thiocarbonyl (C=S) groups is 1. The van der Waals surface area contributed by atoms with Crippen molar-refractivity contribution in [2.75, 3.05) is 18.5 Å². The van der Waals surface area contributed by atoms with Crippen LogP contribution in [-0.4, -0.2) is 29.8 Å². The third-order valence-electron chi connectivity index (χ3n) is 2.20. The molecular formula is C11H15BrN2OS. The number of anilines is 1. The van der Waals surface area contributed by atoms with Gasteiger partial charge in [-0.3, -0.25) is 0 Å². The van der Waals surface area contributed by atoms with Gasteiger partial charge in [-0.25, -0.2) is 0 Å². The second kappa shape index (κ2) is 5.61. The third-order valence-corrected chi connectivity index (χ3v) is 3.07. The summed E-state index contributed by atoms with van der Waals surface area (Å²) in [5.41, 5.74) is 7.40. The maximum atomic E-state index is 9.30. The fraction of sp³-hybridized carbons (Fsp3) is 0.364. The Bertz CT molecular complexity index is 396. The summed E-state index contributed by atoms with van der Waals surface area (Å²) in [6, 6.07) is 5.75. The Morgan fingerprint density at radius 1 is 1.62 bits per heavy atom. The summed E-state index contributed by atoms with van der Waals surface area (Å²) >= 11 is 8.35. The first-order valence-corrected chi connectivity index (χ1v) is 6.10. The number of hydrogen-bond acceptors (Lipinski definition) is 3. The lowest BCUT2D eigenvalue weighted by atomic mass is 10.2. The molecule has 0 radical (unpaired) electrons. The fourth-order valence-electron chi connectivity index (χ4n) is 1.44. The highest BCUT2D eigenvalue weighted by Gasteiger charge is 2.08. The molecule has 1 aromatic rings. The van der Waals surface area contributed by atoms with Crippen LogP contribution in [0, 0.1) is 0 Å². The Kier molecular flexibility index (Phi) is 4.70. The predicted octanol–water partition coefficient (Wildman–Crippen LogP) is 1.90. The zero-order valence-electron chi connectivity index (χ0n) is 9.27. The Labute approximate surface area is 109 Å². The SMILES string of the molecule is CC(O)CN(C)c1ccc(C(N)=S)c(Br)c1. The van der Waals surface area contributed by atoms with Gasteiger partial charge in [-0.05, 0) is 41.1 Å². The number of aliphatic hydroxyl groups is 1. The Morgan fingerprint density at radius 2 is 2.25 bits per heavy atom. The standard InChI is InChI=1S/C11H15BrN2OS/c1-7(15)6-14(2)8-3-4-9(11(13)16)10(12)5-8/h3-5,7,15H,6H2,1-2H3,(H2,13,16). The summed E-state index contributed by atoms with van der Waals surface area (Å²) in [6.45, 7) is 2.34. The minimum absolute atomic E-state index is 0.362. The van der Waals surface area contributed by atoms with Crippen LogP contribution in [0.5, 0.6) is 0 Å². The molecule has 0 heterocycles. The van der Waals surface area contributed by atoms with E-state index in [1.807, 2.05) is 30.1 Å². The van der Waals surface area contributed by atoms with E-state index >= 15 is 0 Å². The lowest BCUT2D eigenvalue weighted by molar-refractivity contribution is 0.201. The number of halogens is 1. The number of nitrogens with two attached hydrogens (primary N) is 1. The Morgan fingerprint density at radius 3 is 2.69 bits per heavy atom. The minimum atomic E-state index is -0.362. The van der Waals surface area contributed by atoms with Crippen molar-refractivity contribution < 1.29 is 5.11 Å². The van der Waals surface area contributed by atoms with Crippen LogP contribution in [0.3, 0.4) is 0 Å². The minimum Gasteiger partial charge on any atom is -0.392 e. The molecule has 0 aliphatic heterocycles. The van der Waals surface area contributed by atoms with Gasteiger partial charge in [0, 0.05) is 29.3 Å². The van der Waals surface area contributed by atoms with Crippen LogP contribution >= 0.6 is 28.1 Å². The van der Waals surface area contributed by atoms with Crippen LogP contribution in [0.4, 0.5) is 5.69 Å². The van der Waals surface area contributed by atoms with Crippen LogP contribution in [0.15, 0.2) is 22.7 Å². The number of likely N-dealkylation sites (N-methyl/N-ethyl adjacent to an activating group) is 1. The molecule has 3 nitrogen and oxygen atoms in total. The third kappa shape index (κ3) is 3.43. The number of aliphatic hydroxyl groups excluding tert-OH is 1. The second-order valence-corrected chi connectivity index (χ2v) is 5.05. The van der Waals surface area contributed by atoms with Gasteiger partial charge in [0.25, 0.3) is 0 Å². The lowest BCUT2D eigenvalue weighted by Gasteiger charge is -2.21. The molecule has 1 atom stereocenters. The molecule has 1 rings (SSSR count). The Hall–Kier alpha value is -0.650. The van der Waals surface area contributed by atoms with Crippen molar-refractivity contribution in [1.29, 1.82) is 0 Å². The zero-order valence-corrected chi connectivity index (χ0v) is 11.7. The first-order chi connectivity index (χ1) is 7.41. The van der Waals surface area contributed by atoms with Crippen molar-refractivity contribution >= 4 is 38.8 Å². The van der Waals surface area contributed by atoms with Gasteiger partial charge < -0.3 is 15.7 Å². The first kappa shape index (κ1) is 13.4. The molecule has 0 aliphatic carbocycles. The molecule has 88 valence electrons. The number of nitrogens with zero attached hydrogens (tertiary/aromatic N) is 1. The molecule has 0 aliphatic rings. The molecule has 5 heteroatoms. The number of rotatable bonds is 4. The fourth-order valence-corrected chi connectivity index (χ4v) is 2.33. The second-order valence-electron chi connectivity index (χ2n) is 3.76. The summed E-state index contributed by atoms with van der Waals surface area (Å²) < 4.78 is 0.870. The normalized spacial score (nSPS) is 12.2.